The van der Waals surface area contributed by atoms with Crippen LogP contribution in [0, 0.1) is 0 Å². The second kappa shape index (κ2) is 3.42. The molecule has 0 radical (unpaired) electrons. The summed E-state index contributed by atoms with van der Waals surface area (Å²) in [5, 5.41) is 4.10. The number of rotatable bonds is 2. The molecule has 0 aromatic carbocycles. The Morgan fingerprint density at radius 1 is 1.41 bits per heavy atom. The van der Waals surface area contributed by atoms with E-state index in [1.54, 1.807) is 10.6 Å². The van der Waals surface area contributed by atoms with Gasteiger partial charge in [0.15, 0.2) is 5.65 Å². The standard InChI is InChI=1S/C10H12N6O/c11-6-3-15(4-6)8-2-1-7(9(12)17)10-13-5-14-16(8)10/h1-2,5-6H,3-4,11H2,(H2,12,17). The van der Waals surface area contributed by atoms with E-state index in [2.05, 4.69) is 15.0 Å². The first-order valence-electron chi connectivity index (χ1n) is 5.30. The number of aromatic nitrogens is 3. The molecule has 88 valence electrons. The molecule has 7 nitrogen and oxygen atoms in total. The van der Waals surface area contributed by atoms with E-state index >= 15 is 0 Å². The average molecular weight is 232 g/mol. The van der Waals surface area contributed by atoms with E-state index < -0.39 is 5.91 Å². The lowest BCUT2D eigenvalue weighted by Gasteiger charge is -2.38. The molecule has 2 aromatic heterocycles. The van der Waals surface area contributed by atoms with Crippen LogP contribution in [-0.4, -0.2) is 39.6 Å². The number of fused-ring (bicyclic) bond motifs is 1. The predicted octanol–water partition coefficient (Wildman–Crippen LogP) is -1.02. The molecule has 3 rings (SSSR count). The van der Waals surface area contributed by atoms with Gasteiger partial charge in [-0.25, -0.2) is 4.98 Å². The van der Waals surface area contributed by atoms with Gasteiger partial charge in [0.2, 0.25) is 0 Å². The van der Waals surface area contributed by atoms with Crippen LogP contribution < -0.4 is 16.4 Å². The number of nitrogens with zero attached hydrogens (tertiary/aromatic N) is 4. The molecule has 1 aliphatic heterocycles. The van der Waals surface area contributed by atoms with Crippen molar-refractivity contribution in [1.29, 1.82) is 0 Å². The molecule has 17 heavy (non-hydrogen) atoms. The average Bonchev–Trinajstić information content (AvgIpc) is 2.72. The smallest absolute Gasteiger partial charge is 0.252 e. The van der Waals surface area contributed by atoms with Gasteiger partial charge in [0.25, 0.3) is 5.91 Å². The van der Waals surface area contributed by atoms with Crippen LogP contribution in [0.15, 0.2) is 18.5 Å². The maximum Gasteiger partial charge on any atom is 0.252 e. The normalized spacial score (nSPS) is 16.2. The molecule has 1 aliphatic rings. The number of amides is 1. The Kier molecular flexibility index (Phi) is 2.02. The van der Waals surface area contributed by atoms with Crippen molar-refractivity contribution < 1.29 is 4.79 Å². The van der Waals surface area contributed by atoms with Crippen molar-refractivity contribution in [2.24, 2.45) is 11.5 Å². The number of pyridine rings is 1. The number of carbonyl (C=O) groups excluding carboxylic acids is 1. The Bertz CT molecular complexity index is 585. The minimum Gasteiger partial charge on any atom is -0.365 e. The summed E-state index contributed by atoms with van der Waals surface area (Å²) in [5.74, 6) is 0.374. The van der Waals surface area contributed by atoms with E-state index in [-0.39, 0.29) is 6.04 Å². The van der Waals surface area contributed by atoms with Gasteiger partial charge in [0, 0.05) is 19.1 Å². The van der Waals surface area contributed by atoms with E-state index in [0.29, 0.717) is 11.2 Å². The predicted molar refractivity (Wildman–Crippen MR) is 61.7 cm³/mol. The Morgan fingerprint density at radius 2 is 2.18 bits per heavy atom. The zero-order valence-corrected chi connectivity index (χ0v) is 9.08. The van der Waals surface area contributed by atoms with Crippen molar-refractivity contribution >= 4 is 17.4 Å². The third kappa shape index (κ3) is 1.43. The second-order valence-electron chi connectivity index (χ2n) is 4.13. The lowest BCUT2D eigenvalue weighted by atomic mass is 10.1. The summed E-state index contributed by atoms with van der Waals surface area (Å²) in [6.45, 7) is 1.57. The van der Waals surface area contributed by atoms with Gasteiger partial charge in [-0.2, -0.15) is 9.61 Å². The number of nitrogens with two attached hydrogens (primary N) is 2. The molecule has 0 unspecified atom stereocenters. The van der Waals surface area contributed by atoms with Gasteiger partial charge in [-0.15, -0.1) is 0 Å². The molecular weight excluding hydrogens is 220 g/mol. The van der Waals surface area contributed by atoms with Crippen LogP contribution in [0.1, 0.15) is 10.4 Å². The fraction of sp³-hybridized carbons (Fsp3) is 0.300. The summed E-state index contributed by atoms with van der Waals surface area (Å²) < 4.78 is 1.62. The zero-order valence-electron chi connectivity index (χ0n) is 9.08. The van der Waals surface area contributed by atoms with E-state index in [1.165, 1.54) is 6.33 Å². The van der Waals surface area contributed by atoms with Crippen LogP contribution in [0.3, 0.4) is 0 Å². The molecule has 4 N–H and O–H groups in total. The van der Waals surface area contributed by atoms with Crippen molar-refractivity contribution in [2.45, 2.75) is 6.04 Å². The Hall–Kier alpha value is -2.15. The molecule has 1 amide bonds. The maximum atomic E-state index is 11.2. The minimum atomic E-state index is -0.505. The minimum absolute atomic E-state index is 0.199. The lowest BCUT2D eigenvalue weighted by Crippen LogP contribution is -2.56. The fourth-order valence-corrected chi connectivity index (χ4v) is 2.03. The first-order valence-corrected chi connectivity index (χ1v) is 5.30. The summed E-state index contributed by atoms with van der Waals surface area (Å²) in [6.07, 6.45) is 1.41. The molecule has 7 heteroatoms. The summed E-state index contributed by atoms with van der Waals surface area (Å²) in [4.78, 5) is 17.4. The number of hydrogen-bond donors (Lipinski definition) is 2. The highest BCUT2D eigenvalue weighted by atomic mass is 16.1. The summed E-state index contributed by atoms with van der Waals surface area (Å²) in [5.41, 5.74) is 11.9. The van der Waals surface area contributed by atoms with Crippen LogP contribution in [0.2, 0.25) is 0 Å². The number of hydrogen-bond acceptors (Lipinski definition) is 5. The van der Waals surface area contributed by atoms with Crippen LogP contribution in [0.5, 0.6) is 0 Å². The largest absolute Gasteiger partial charge is 0.365 e. The topological polar surface area (TPSA) is 103 Å². The Balaban J connectivity index is 2.12. The van der Waals surface area contributed by atoms with Crippen molar-refractivity contribution in [2.75, 3.05) is 18.0 Å². The third-order valence-electron chi connectivity index (χ3n) is 2.90. The van der Waals surface area contributed by atoms with Crippen LogP contribution in [-0.2, 0) is 0 Å². The molecular formula is C10H12N6O. The Labute approximate surface area is 97.0 Å². The van der Waals surface area contributed by atoms with Gasteiger partial charge < -0.3 is 16.4 Å². The van der Waals surface area contributed by atoms with Crippen LogP contribution in [0.25, 0.3) is 5.65 Å². The highest BCUT2D eigenvalue weighted by Gasteiger charge is 2.26. The zero-order chi connectivity index (χ0) is 12.0. The lowest BCUT2D eigenvalue weighted by molar-refractivity contribution is 0.100. The molecule has 1 fully saturated rings. The number of primary amides is 1. The van der Waals surface area contributed by atoms with Crippen molar-refractivity contribution in [3.05, 3.63) is 24.0 Å². The number of anilines is 1. The van der Waals surface area contributed by atoms with Gasteiger partial charge in [-0.05, 0) is 12.1 Å². The first kappa shape index (κ1) is 10.0. The molecule has 1 saturated heterocycles. The quantitative estimate of drug-likeness (QED) is 0.689. The van der Waals surface area contributed by atoms with Crippen LogP contribution in [0.4, 0.5) is 5.82 Å². The van der Waals surface area contributed by atoms with Crippen molar-refractivity contribution in [3.8, 4) is 0 Å². The summed E-state index contributed by atoms with van der Waals surface area (Å²) in [7, 11) is 0. The summed E-state index contributed by atoms with van der Waals surface area (Å²) >= 11 is 0. The van der Waals surface area contributed by atoms with Crippen molar-refractivity contribution in [1.82, 2.24) is 14.6 Å². The molecule has 0 atom stereocenters. The maximum absolute atomic E-state index is 11.2. The van der Waals surface area contributed by atoms with Crippen molar-refractivity contribution in [3.63, 3.8) is 0 Å². The first-order chi connectivity index (χ1) is 8.16. The van der Waals surface area contributed by atoms with Gasteiger partial charge in [0.05, 0.1) is 5.56 Å². The van der Waals surface area contributed by atoms with Crippen LogP contribution >= 0.6 is 0 Å². The van der Waals surface area contributed by atoms with Gasteiger partial charge >= 0.3 is 0 Å². The molecule has 3 heterocycles. The molecule has 0 saturated carbocycles. The van der Waals surface area contributed by atoms with E-state index in [1.807, 2.05) is 6.07 Å². The van der Waals surface area contributed by atoms with Gasteiger partial charge in [-0.1, -0.05) is 0 Å². The van der Waals surface area contributed by atoms with Gasteiger partial charge in [-0.3, -0.25) is 4.79 Å². The van der Waals surface area contributed by atoms with E-state index in [4.69, 9.17) is 11.5 Å². The highest BCUT2D eigenvalue weighted by Crippen LogP contribution is 2.22. The molecule has 0 spiro atoms. The van der Waals surface area contributed by atoms with Gasteiger partial charge in [0.1, 0.15) is 12.1 Å². The highest BCUT2D eigenvalue weighted by molar-refractivity contribution is 5.98. The molecule has 0 aliphatic carbocycles. The van der Waals surface area contributed by atoms with E-state index in [9.17, 15) is 4.79 Å². The Morgan fingerprint density at radius 3 is 2.82 bits per heavy atom. The second-order valence-corrected chi connectivity index (χ2v) is 4.13. The SMILES string of the molecule is NC(=O)c1ccc(N2CC(N)C2)n2ncnc12. The fourth-order valence-electron chi connectivity index (χ4n) is 2.03. The molecule has 2 aromatic rings. The summed E-state index contributed by atoms with van der Waals surface area (Å²) in [6, 6.07) is 3.68. The molecule has 0 bridgehead atoms. The third-order valence-corrected chi connectivity index (χ3v) is 2.90. The monoisotopic (exact) mass is 232 g/mol. The van der Waals surface area contributed by atoms with E-state index in [0.717, 1.165) is 18.9 Å². The number of carbonyl (C=O) groups is 1.